The lowest BCUT2D eigenvalue weighted by molar-refractivity contribution is -0.253. The summed E-state index contributed by atoms with van der Waals surface area (Å²) in [5.74, 6) is -0.702. The molecule has 228 valence electrons. The highest BCUT2D eigenvalue weighted by molar-refractivity contribution is 5.91. The number of anilines is 1. The molecular formula is C32H44N4O6. The van der Waals surface area contributed by atoms with Gasteiger partial charge in [-0.05, 0) is 75.0 Å². The van der Waals surface area contributed by atoms with E-state index in [1.165, 1.54) is 38.8 Å². The molecule has 42 heavy (non-hydrogen) atoms. The molecule has 5 rings (SSSR count). The highest BCUT2D eigenvalue weighted by atomic mass is 16.7. The van der Waals surface area contributed by atoms with Crippen LogP contribution in [0, 0.1) is 0 Å². The Morgan fingerprint density at radius 3 is 2.29 bits per heavy atom. The standard InChI is InChI=1S/C32H44N4O6/c37-22-23-8-10-24(11-9-23)29-19-28(21-36-18-4-5-27(36)20-35-16-1-2-17-35)41-32(42-29)25-12-14-26(15-13-25)33-30(38)6-3-7-31(39)34-40/h8-15,27-29,32,37,40H,1-7,16-22H2,(H,33,38)(H,34,39). The van der Waals surface area contributed by atoms with Crippen molar-refractivity contribution in [3.63, 3.8) is 0 Å². The SMILES string of the molecule is O=C(CCCC(=O)Nc1ccc(C2OC(CN3CCCC3CN3CCCC3)CC(c3ccc(CO)cc3)O2)cc1)NO. The fraction of sp³-hybridized carbons (Fsp3) is 0.562. The minimum atomic E-state index is -0.548. The van der Waals surface area contributed by atoms with Gasteiger partial charge in [-0.2, -0.15) is 0 Å². The molecule has 2 aromatic carbocycles. The largest absolute Gasteiger partial charge is 0.392 e. The smallest absolute Gasteiger partial charge is 0.243 e. The van der Waals surface area contributed by atoms with Crippen LogP contribution in [0.25, 0.3) is 0 Å². The molecule has 3 aliphatic rings. The van der Waals surface area contributed by atoms with E-state index in [4.69, 9.17) is 14.7 Å². The number of nitrogens with zero attached hydrogens (tertiary/aromatic N) is 2. The molecule has 4 unspecified atom stereocenters. The summed E-state index contributed by atoms with van der Waals surface area (Å²) in [4.78, 5) is 28.7. The van der Waals surface area contributed by atoms with Crippen LogP contribution in [0.4, 0.5) is 5.69 Å². The Bertz CT molecular complexity index is 1150. The van der Waals surface area contributed by atoms with Crippen LogP contribution >= 0.6 is 0 Å². The molecule has 3 fully saturated rings. The number of hydroxylamine groups is 1. The van der Waals surface area contributed by atoms with Crippen molar-refractivity contribution in [2.24, 2.45) is 0 Å². The molecule has 0 radical (unpaired) electrons. The topological polar surface area (TPSA) is 124 Å². The molecule has 0 spiro atoms. The first-order chi connectivity index (χ1) is 20.5. The molecule has 0 bridgehead atoms. The maximum absolute atomic E-state index is 12.3. The maximum Gasteiger partial charge on any atom is 0.243 e. The fourth-order valence-electron chi connectivity index (χ4n) is 6.31. The first-order valence-electron chi connectivity index (χ1n) is 15.3. The van der Waals surface area contributed by atoms with Crippen LogP contribution in [-0.4, -0.2) is 76.8 Å². The number of likely N-dealkylation sites (tertiary alicyclic amines) is 2. The van der Waals surface area contributed by atoms with Crippen molar-refractivity contribution >= 4 is 17.5 Å². The molecule has 4 atom stereocenters. The van der Waals surface area contributed by atoms with Crippen LogP contribution in [0.5, 0.6) is 0 Å². The summed E-state index contributed by atoms with van der Waals surface area (Å²) in [5.41, 5.74) is 5.05. The van der Waals surface area contributed by atoms with Crippen LogP contribution < -0.4 is 10.8 Å². The number of carbonyl (C=O) groups is 2. The maximum atomic E-state index is 12.3. The van der Waals surface area contributed by atoms with Crippen LogP contribution in [-0.2, 0) is 25.7 Å². The van der Waals surface area contributed by atoms with Gasteiger partial charge in [-0.3, -0.25) is 19.7 Å². The van der Waals surface area contributed by atoms with E-state index >= 15 is 0 Å². The van der Waals surface area contributed by atoms with Crippen LogP contribution in [0.2, 0.25) is 0 Å². The summed E-state index contributed by atoms with van der Waals surface area (Å²) in [7, 11) is 0. The molecule has 10 heteroatoms. The zero-order chi connectivity index (χ0) is 29.3. The predicted molar refractivity (Wildman–Crippen MR) is 158 cm³/mol. The third-order valence-corrected chi connectivity index (χ3v) is 8.62. The van der Waals surface area contributed by atoms with E-state index in [1.807, 2.05) is 48.5 Å². The van der Waals surface area contributed by atoms with Crippen molar-refractivity contribution in [1.82, 2.24) is 15.3 Å². The Morgan fingerprint density at radius 1 is 0.857 bits per heavy atom. The van der Waals surface area contributed by atoms with Crippen molar-refractivity contribution in [2.45, 2.75) is 82.5 Å². The lowest BCUT2D eigenvalue weighted by Crippen LogP contribution is -2.45. The number of nitrogens with one attached hydrogen (secondary N) is 2. The Hall–Kier alpha value is -2.86. The molecule has 0 aliphatic carbocycles. The fourth-order valence-corrected chi connectivity index (χ4v) is 6.31. The van der Waals surface area contributed by atoms with E-state index in [-0.39, 0.29) is 37.6 Å². The number of ether oxygens (including phenoxy) is 2. The second kappa shape index (κ2) is 15.0. The minimum absolute atomic E-state index is 0.000877. The van der Waals surface area contributed by atoms with Crippen molar-refractivity contribution in [3.8, 4) is 0 Å². The molecule has 0 saturated carbocycles. The highest BCUT2D eigenvalue weighted by Crippen LogP contribution is 2.39. The summed E-state index contributed by atoms with van der Waals surface area (Å²) < 4.78 is 13.1. The number of aliphatic hydroxyl groups excluding tert-OH is 1. The van der Waals surface area contributed by atoms with E-state index in [0.29, 0.717) is 18.2 Å². The quantitative estimate of drug-likeness (QED) is 0.220. The van der Waals surface area contributed by atoms with Gasteiger partial charge in [0.1, 0.15) is 0 Å². The number of benzene rings is 2. The number of amides is 2. The zero-order valence-electron chi connectivity index (χ0n) is 24.2. The predicted octanol–water partition coefficient (Wildman–Crippen LogP) is 3.90. The lowest BCUT2D eigenvalue weighted by Gasteiger charge is -2.39. The second-order valence-electron chi connectivity index (χ2n) is 11.7. The summed E-state index contributed by atoms with van der Waals surface area (Å²) in [6.45, 7) is 5.53. The van der Waals surface area contributed by atoms with E-state index in [1.54, 1.807) is 5.48 Å². The average Bonchev–Trinajstić information content (AvgIpc) is 3.70. The normalized spacial score (nSPS) is 25.0. The lowest BCUT2D eigenvalue weighted by atomic mass is 9.99. The molecular weight excluding hydrogens is 536 g/mol. The summed E-state index contributed by atoms with van der Waals surface area (Å²) in [6, 6.07) is 16.0. The summed E-state index contributed by atoms with van der Waals surface area (Å²) >= 11 is 0. The van der Waals surface area contributed by atoms with Crippen LogP contribution in [0.1, 0.15) is 80.5 Å². The van der Waals surface area contributed by atoms with Gasteiger partial charge in [0.25, 0.3) is 0 Å². The van der Waals surface area contributed by atoms with Crippen molar-refractivity contribution in [3.05, 3.63) is 65.2 Å². The van der Waals surface area contributed by atoms with Crippen molar-refractivity contribution in [2.75, 3.05) is 38.0 Å². The second-order valence-corrected chi connectivity index (χ2v) is 11.7. The van der Waals surface area contributed by atoms with Gasteiger partial charge in [-0.15, -0.1) is 0 Å². The zero-order valence-corrected chi connectivity index (χ0v) is 24.2. The average molecular weight is 581 g/mol. The first kappa shape index (κ1) is 30.6. The Morgan fingerprint density at radius 2 is 1.57 bits per heavy atom. The van der Waals surface area contributed by atoms with Gasteiger partial charge in [-0.1, -0.05) is 36.4 Å². The van der Waals surface area contributed by atoms with E-state index < -0.39 is 12.2 Å². The molecule has 10 nitrogen and oxygen atoms in total. The molecule has 0 aromatic heterocycles. The van der Waals surface area contributed by atoms with Gasteiger partial charge in [0.15, 0.2) is 6.29 Å². The Balaban J connectivity index is 1.24. The number of aliphatic hydroxyl groups is 1. The number of hydrogen-bond acceptors (Lipinski definition) is 8. The Labute approximate surface area is 247 Å². The molecule has 2 amide bonds. The molecule has 3 aliphatic heterocycles. The number of carbonyl (C=O) groups excluding carboxylic acids is 2. The molecule has 4 N–H and O–H groups in total. The van der Waals surface area contributed by atoms with Gasteiger partial charge < -0.3 is 24.8 Å². The summed E-state index contributed by atoms with van der Waals surface area (Å²) in [6.07, 6.45) is 5.74. The minimum Gasteiger partial charge on any atom is -0.392 e. The molecule has 2 aromatic rings. The van der Waals surface area contributed by atoms with Gasteiger partial charge >= 0.3 is 0 Å². The third kappa shape index (κ3) is 8.37. The van der Waals surface area contributed by atoms with E-state index in [0.717, 1.165) is 42.7 Å². The Kier molecular flexibility index (Phi) is 11.0. The van der Waals surface area contributed by atoms with E-state index in [2.05, 4.69) is 15.1 Å². The van der Waals surface area contributed by atoms with Gasteiger partial charge in [0.05, 0.1) is 18.8 Å². The number of rotatable bonds is 12. The molecule has 3 heterocycles. The monoisotopic (exact) mass is 580 g/mol. The first-order valence-corrected chi connectivity index (χ1v) is 15.3. The third-order valence-electron chi connectivity index (χ3n) is 8.62. The van der Waals surface area contributed by atoms with E-state index in [9.17, 15) is 14.7 Å². The van der Waals surface area contributed by atoms with Gasteiger partial charge in [0.2, 0.25) is 11.8 Å². The van der Waals surface area contributed by atoms with Gasteiger partial charge in [0, 0.05) is 49.6 Å². The van der Waals surface area contributed by atoms with Gasteiger partial charge in [-0.25, -0.2) is 5.48 Å². The van der Waals surface area contributed by atoms with Crippen LogP contribution in [0.15, 0.2) is 48.5 Å². The highest BCUT2D eigenvalue weighted by Gasteiger charge is 2.36. The van der Waals surface area contributed by atoms with Crippen molar-refractivity contribution in [1.29, 1.82) is 0 Å². The van der Waals surface area contributed by atoms with Crippen molar-refractivity contribution < 1.29 is 29.4 Å². The summed E-state index contributed by atoms with van der Waals surface area (Å²) in [5, 5.41) is 20.9. The van der Waals surface area contributed by atoms with Crippen LogP contribution in [0.3, 0.4) is 0 Å². The number of hydrogen-bond donors (Lipinski definition) is 4. The molecule has 3 saturated heterocycles.